The van der Waals surface area contributed by atoms with E-state index in [2.05, 4.69) is 0 Å². The molecule has 1 rings (SSSR count). The summed E-state index contributed by atoms with van der Waals surface area (Å²) < 4.78 is 6.83. The molecule has 0 fully saturated rings. The van der Waals surface area contributed by atoms with Crippen LogP contribution in [0.2, 0.25) is 0 Å². The molecule has 0 radical (unpaired) electrons. The molecule has 0 saturated heterocycles. The van der Waals surface area contributed by atoms with Gasteiger partial charge in [0.2, 0.25) is 0 Å². The fourth-order valence-electron chi connectivity index (χ4n) is 1.17. The summed E-state index contributed by atoms with van der Waals surface area (Å²) in [4.78, 5) is 13.0. The van der Waals surface area contributed by atoms with E-state index in [4.69, 9.17) is 4.74 Å². The number of nitrogens with zero attached hydrogens (tertiary/aromatic N) is 1. The van der Waals surface area contributed by atoms with Gasteiger partial charge in [-0.1, -0.05) is 24.3 Å². The summed E-state index contributed by atoms with van der Waals surface area (Å²) in [7, 11) is 0. The maximum Gasteiger partial charge on any atom is 0.424 e. The van der Waals surface area contributed by atoms with E-state index in [0.29, 0.717) is 0 Å². The molecular formula is C14H19NO2S. The molecule has 1 aromatic carbocycles. The third-order valence-corrected chi connectivity index (χ3v) is 2.76. The van der Waals surface area contributed by atoms with Crippen molar-refractivity contribution in [1.29, 1.82) is 0 Å². The molecule has 98 valence electrons. The van der Waals surface area contributed by atoms with Crippen molar-refractivity contribution in [2.45, 2.75) is 38.2 Å². The molecule has 0 spiro atoms. The van der Waals surface area contributed by atoms with E-state index in [-0.39, 0.29) is 6.09 Å². The summed E-state index contributed by atoms with van der Waals surface area (Å²) >= 11 is 1.33. The first kappa shape index (κ1) is 14.6. The van der Waals surface area contributed by atoms with Gasteiger partial charge in [0, 0.05) is 11.1 Å². The van der Waals surface area contributed by atoms with E-state index in [1.807, 2.05) is 58.0 Å². The minimum absolute atomic E-state index is 0.366. The molecule has 0 N–H and O–H groups in total. The van der Waals surface area contributed by atoms with E-state index < -0.39 is 5.60 Å². The van der Waals surface area contributed by atoms with Crippen molar-refractivity contribution in [3.8, 4) is 0 Å². The number of carbonyl (C=O) groups excluding carboxylic acids is 1. The van der Waals surface area contributed by atoms with Crippen LogP contribution in [0.25, 0.3) is 0 Å². The Morgan fingerprint density at radius 3 is 2.39 bits per heavy atom. The largest absolute Gasteiger partial charge is 0.443 e. The highest BCUT2D eigenvalue weighted by Crippen LogP contribution is 2.24. The lowest BCUT2D eigenvalue weighted by Gasteiger charge is -2.24. The van der Waals surface area contributed by atoms with Crippen LogP contribution in [-0.2, 0) is 4.74 Å². The lowest BCUT2D eigenvalue weighted by Crippen LogP contribution is -2.30. The molecule has 0 aliphatic carbocycles. The van der Waals surface area contributed by atoms with Gasteiger partial charge in [0.15, 0.2) is 0 Å². The summed E-state index contributed by atoms with van der Waals surface area (Å²) in [5, 5.41) is 0. The van der Waals surface area contributed by atoms with E-state index in [1.165, 1.54) is 16.3 Å². The van der Waals surface area contributed by atoms with E-state index in [1.54, 1.807) is 12.3 Å². The molecular weight excluding hydrogens is 246 g/mol. The Morgan fingerprint density at radius 2 is 1.89 bits per heavy atom. The van der Waals surface area contributed by atoms with Gasteiger partial charge in [-0.15, -0.1) is 0 Å². The standard InChI is InChI=1S/C14H19NO2S/c1-5-11-15(13(16)17-14(2,3)4)18-12-9-7-6-8-10-12/h5-11H,1-4H3/b11-5-. The number of allylic oxidation sites excluding steroid dienone is 1. The van der Waals surface area contributed by atoms with Crippen LogP contribution >= 0.6 is 11.9 Å². The second-order valence-electron chi connectivity index (χ2n) is 4.69. The van der Waals surface area contributed by atoms with E-state index in [9.17, 15) is 4.79 Å². The molecule has 3 nitrogen and oxygen atoms in total. The van der Waals surface area contributed by atoms with Crippen molar-refractivity contribution in [2.24, 2.45) is 0 Å². The number of hydrogen-bond acceptors (Lipinski definition) is 3. The maximum atomic E-state index is 12.0. The SMILES string of the molecule is C/C=C\N(Sc1ccccc1)C(=O)OC(C)(C)C. The first-order valence-electron chi connectivity index (χ1n) is 5.80. The fraction of sp³-hybridized carbons (Fsp3) is 0.357. The minimum Gasteiger partial charge on any atom is -0.443 e. The second-order valence-corrected chi connectivity index (χ2v) is 5.74. The molecule has 0 aliphatic heterocycles. The average molecular weight is 265 g/mol. The van der Waals surface area contributed by atoms with Gasteiger partial charge in [0.05, 0.1) is 0 Å². The molecule has 4 heteroatoms. The minimum atomic E-state index is -0.492. The van der Waals surface area contributed by atoms with Crippen LogP contribution in [0.3, 0.4) is 0 Å². The zero-order valence-electron chi connectivity index (χ0n) is 11.2. The highest BCUT2D eigenvalue weighted by molar-refractivity contribution is 7.97. The van der Waals surface area contributed by atoms with Crippen LogP contribution in [-0.4, -0.2) is 16.0 Å². The Balaban J connectivity index is 2.74. The first-order valence-corrected chi connectivity index (χ1v) is 6.58. The second kappa shape index (κ2) is 6.50. The number of benzene rings is 1. The highest BCUT2D eigenvalue weighted by atomic mass is 32.2. The molecule has 0 atom stereocenters. The van der Waals surface area contributed by atoms with Crippen molar-refractivity contribution in [3.05, 3.63) is 42.6 Å². The molecule has 1 aromatic rings. The predicted molar refractivity (Wildman–Crippen MR) is 75.2 cm³/mol. The van der Waals surface area contributed by atoms with E-state index in [0.717, 1.165) is 4.90 Å². The van der Waals surface area contributed by atoms with Gasteiger partial charge in [-0.25, -0.2) is 9.10 Å². The van der Waals surface area contributed by atoms with Gasteiger partial charge in [-0.05, 0) is 51.8 Å². The van der Waals surface area contributed by atoms with Crippen molar-refractivity contribution < 1.29 is 9.53 Å². The smallest absolute Gasteiger partial charge is 0.424 e. The van der Waals surface area contributed by atoms with Gasteiger partial charge in [0.25, 0.3) is 0 Å². The zero-order valence-corrected chi connectivity index (χ0v) is 12.0. The molecule has 0 saturated carbocycles. The quantitative estimate of drug-likeness (QED) is 0.755. The summed E-state index contributed by atoms with van der Waals surface area (Å²) in [5.74, 6) is 0. The number of carbonyl (C=O) groups is 1. The lowest BCUT2D eigenvalue weighted by molar-refractivity contribution is 0.0453. The molecule has 0 aromatic heterocycles. The average Bonchev–Trinajstić information content (AvgIpc) is 2.27. The van der Waals surface area contributed by atoms with Crippen molar-refractivity contribution >= 4 is 18.0 Å². The Labute approximate surface area is 113 Å². The fourth-order valence-corrected chi connectivity index (χ4v) is 1.97. The van der Waals surface area contributed by atoms with E-state index >= 15 is 0 Å². The molecule has 1 amide bonds. The van der Waals surface area contributed by atoms with Crippen molar-refractivity contribution in [2.75, 3.05) is 0 Å². The highest BCUT2D eigenvalue weighted by Gasteiger charge is 2.21. The predicted octanol–water partition coefficient (Wildman–Crippen LogP) is 4.46. The molecule has 0 heterocycles. The lowest BCUT2D eigenvalue weighted by atomic mass is 10.2. The Kier molecular flexibility index (Phi) is 5.28. The third kappa shape index (κ3) is 5.27. The molecule has 0 bridgehead atoms. The summed E-state index contributed by atoms with van der Waals surface area (Å²) in [6.07, 6.45) is 3.14. The first-order chi connectivity index (χ1) is 8.42. The topological polar surface area (TPSA) is 29.5 Å². The van der Waals surface area contributed by atoms with Gasteiger partial charge < -0.3 is 4.74 Å². The van der Waals surface area contributed by atoms with Crippen LogP contribution in [0.1, 0.15) is 27.7 Å². The number of rotatable bonds is 3. The van der Waals surface area contributed by atoms with Crippen LogP contribution < -0.4 is 0 Å². The Hall–Kier alpha value is -1.42. The van der Waals surface area contributed by atoms with Crippen LogP contribution in [0.5, 0.6) is 0 Å². The monoisotopic (exact) mass is 265 g/mol. The van der Waals surface area contributed by atoms with Crippen LogP contribution in [0.15, 0.2) is 47.5 Å². The summed E-state index contributed by atoms with van der Waals surface area (Å²) in [6, 6.07) is 9.71. The van der Waals surface area contributed by atoms with Gasteiger partial charge >= 0.3 is 6.09 Å². The van der Waals surface area contributed by atoms with Crippen molar-refractivity contribution in [3.63, 3.8) is 0 Å². The molecule has 0 unspecified atom stereocenters. The third-order valence-electron chi connectivity index (χ3n) is 1.80. The molecule has 18 heavy (non-hydrogen) atoms. The van der Waals surface area contributed by atoms with Gasteiger partial charge in [-0.2, -0.15) is 0 Å². The number of hydrogen-bond donors (Lipinski definition) is 0. The number of amides is 1. The molecule has 0 aliphatic rings. The normalized spacial score (nSPS) is 11.6. The zero-order chi connectivity index (χ0) is 13.6. The van der Waals surface area contributed by atoms with Gasteiger partial charge in [0.1, 0.15) is 5.60 Å². The Morgan fingerprint density at radius 1 is 1.28 bits per heavy atom. The number of ether oxygens (including phenoxy) is 1. The van der Waals surface area contributed by atoms with Crippen LogP contribution in [0.4, 0.5) is 4.79 Å². The van der Waals surface area contributed by atoms with Crippen molar-refractivity contribution in [1.82, 2.24) is 4.31 Å². The summed E-state index contributed by atoms with van der Waals surface area (Å²) in [5.41, 5.74) is -0.492. The Bertz CT molecular complexity index is 410. The van der Waals surface area contributed by atoms with Crippen LogP contribution in [0, 0.1) is 0 Å². The summed E-state index contributed by atoms with van der Waals surface area (Å²) in [6.45, 7) is 7.42. The van der Waals surface area contributed by atoms with Gasteiger partial charge in [-0.3, -0.25) is 0 Å². The maximum absolute atomic E-state index is 12.0.